The average Bonchev–Trinajstić information content (AvgIpc) is 2.93. The molecule has 18 heavy (non-hydrogen) atoms. The van der Waals surface area contributed by atoms with E-state index in [0.29, 0.717) is 25.3 Å². The molecule has 94 valence electrons. The Hall–Kier alpha value is -2.02. The lowest BCUT2D eigenvalue weighted by Crippen LogP contribution is -2.26. The number of carbonyl (C=O) groups excluding carboxylic acids is 1. The number of anilines is 1. The molecule has 0 spiro atoms. The third-order valence-electron chi connectivity index (χ3n) is 3.30. The maximum Gasteiger partial charge on any atom is 0.228 e. The van der Waals surface area contributed by atoms with Crippen molar-refractivity contribution < 1.29 is 4.79 Å². The van der Waals surface area contributed by atoms with Crippen LogP contribution in [-0.2, 0) is 11.8 Å². The van der Waals surface area contributed by atoms with Crippen LogP contribution in [0.2, 0.25) is 0 Å². The summed E-state index contributed by atoms with van der Waals surface area (Å²) < 4.78 is 1.67. The Labute approximate surface area is 104 Å². The van der Waals surface area contributed by atoms with Crippen molar-refractivity contribution in [2.45, 2.75) is 6.42 Å². The molecule has 1 unspecified atom stereocenters. The van der Waals surface area contributed by atoms with Crippen LogP contribution in [0.4, 0.5) is 5.82 Å². The minimum Gasteiger partial charge on any atom is -0.330 e. The van der Waals surface area contributed by atoms with Crippen LogP contribution in [-0.4, -0.2) is 38.7 Å². The van der Waals surface area contributed by atoms with E-state index in [1.165, 1.54) is 6.33 Å². The first kappa shape index (κ1) is 11.1. The predicted molar refractivity (Wildman–Crippen MR) is 65.8 cm³/mol. The number of aromatic nitrogens is 4. The van der Waals surface area contributed by atoms with Crippen molar-refractivity contribution in [2.24, 2.45) is 18.7 Å². The first-order chi connectivity index (χ1) is 8.70. The fourth-order valence-electron chi connectivity index (χ4n) is 2.31. The van der Waals surface area contributed by atoms with Gasteiger partial charge in [0.1, 0.15) is 12.1 Å². The highest BCUT2D eigenvalue weighted by atomic mass is 16.2. The molecule has 0 bridgehead atoms. The Bertz CT molecular complexity index is 607. The quantitative estimate of drug-likeness (QED) is 0.784. The summed E-state index contributed by atoms with van der Waals surface area (Å²) in [5.74, 6) is 0.905. The van der Waals surface area contributed by atoms with Gasteiger partial charge in [0, 0.05) is 20.0 Å². The Kier molecular flexibility index (Phi) is 2.48. The molecule has 1 atom stereocenters. The Morgan fingerprint density at radius 1 is 1.50 bits per heavy atom. The van der Waals surface area contributed by atoms with Gasteiger partial charge >= 0.3 is 0 Å². The SMILES string of the molecule is Cn1ncc2c(N3CC(CN)CC3=O)ncnc21. The minimum absolute atomic E-state index is 0.0642. The van der Waals surface area contributed by atoms with Gasteiger partial charge in [-0.05, 0) is 12.5 Å². The number of rotatable bonds is 2. The molecule has 1 amide bonds. The molecular weight excluding hydrogens is 232 g/mol. The highest BCUT2D eigenvalue weighted by molar-refractivity contribution is 6.01. The predicted octanol–water partition coefficient (Wildman–Crippen LogP) is -0.325. The van der Waals surface area contributed by atoms with Crippen molar-refractivity contribution in [2.75, 3.05) is 18.0 Å². The summed E-state index contributed by atoms with van der Waals surface area (Å²) in [6.45, 7) is 1.14. The summed E-state index contributed by atoms with van der Waals surface area (Å²) in [5.41, 5.74) is 6.35. The maximum absolute atomic E-state index is 12.0. The first-order valence-corrected chi connectivity index (χ1v) is 5.84. The molecular formula is C11H14N6O. The van der Waals surface area contributed by atoms with E-state index < -0.39 is 0 Å². The average molecular weight is 246 g/mol. The van der Waals surface area contributed by atoms with Crippen molar-refractivity contribution >= 4 is 22.8 Å². The fraction of sp³-hybridized carbons (Fsp3) is 0.455. The third kappa shape index (κ3) is 1.55. The molecule has 7 heteroatoms. The highest BCUT2D eigenvalue weighted by Crippen LogP contribution is 2.27. The monoisotopic (exact) mass is 246 g/mol. The van der Waals surface area contributed by atoms with E-state index >= 15 is 0 Å². The van der Waals surface area contributed by atoms with Gasteiger partial charge < -0.3 is 5.73 Å². The summed E-state index contributed by atoms with van der Waals surface area (Å²) in [6.07, 6.45) is 3.64. The molecule has 0 radical (unpaired) electrons. The van der Waals surface area contributed by atoms with Gasteiger partial charge in [-0.2, -0.15) is 5.10 Å². The van der Waals surface area contributed by atoms with Crippen LogP contribution >= 0.6 is 0 Å². The zero-order valence-corrected chi connectivity index (χ0v) is 10.1. The van der Waals surface area contributed by atoms with E-state index in [1.54, 1.807) is 15.8 Å². The lowest BCUT2D eigenvalue weighted by molar-refractivity contribution is -0.117. The summed E-state index contributed by atoms with van der Waals surface area (Å²) in [6, 6.07) is 0. The largest absolute Gasteiger partial charge is 0.330 e. The van der Waals surface area contributed by atoms with E-state index in [-0.39, 0.29) is 11.8 Å². The van der Waals surface area contributed by atoms with Gasteiger partial charge in [0.05, 0.1) is 11.6 Å². The van der Waals surface area contributed by atoms with E-state index in [1.807, 2.05) is 7.05 Å². The molecule has 0 aliphatic carbocycles. The highest BCUT2D eigenvalue weighted by Gasteiger charge is 2.31. The van der Waals surface area contributed by atoms with E-state index in [4.69, 9.17) is 5.73 Å². The van der Waals surface area contributed by atoms with Crippen molar-refractivity contribution in [3.8, 4) is 0 Å². The van der Waals surface area contributed by atoms with E-state index in [9.17, 15) is 4.79 Å². The van der Waals surface area contributed by atoms with Crippen LogP contribution in [0.3, 0.4) is 0 Å². The number of nitrogens with two attached hydrogens (primary N) is 1. The van der Waals surface area contributed by atoms with E-state index in [2.05, 4.69) is 15.1 Å². The Balaban J connectivity index is 2.07. The number of amides is 1. The fourth-order valence-corrected chi connectivity index (χ4v) is 2.31. The van der Waals surface area contributed by atoms with Crippen molar-refractivity contribution in [1.82, 2.24) is 19.7 Å². The molecule has 1 saturated heterocycles. The van der Waals surface area contributed by atoms with Gasteiger partial charge in [-0.25, -0.2) is 9.97 Å². The normalized spacial score (nSPS) is 20.0. The molecule has 7 nitrogen and oxygen atoms in total. The molecule has 1 fully saturated rings. The summed E-state index contributed by atoms with van der Waals surface area (Å²) in [7, 11) is 1.81. The van der Waals surface area contributed by atoms with Gasteiger partial charge in [-0.1, -0.05) is 0 Å². The molecule has 1 aliphatic heterocycles. The lowest BCUT2D eigenvalue weighted by atomic mass is 10.1. The van der Waals surface area contributed by atoms with Crippen molar-refractivity contribution in [3.05, 3.63) is 12.5 Å². The van der Waals surface area contributed by atoms with Gasteiger partial charge in [0.25, 0.3) is 0 Å². The number of fused-ring (bicyclic) bond motifs is 1. The summed E-state index contributed by atoms with van der Waals surface area (Å²) in [4.78, 5) is 22.0. The zero-order valence-electron chi connectivity index (χ0n) is 10.1. The molecule has 1 aliphatic rings. The van der Waals surface area contributed by atoms with Crippen LogP contribution in [0.15, 0.2) is 12.5 Å². The van der Waals surface area contributed by atoms with Crippen LogP contribution < -0.4 is 10.6 Å². The van der Waals surface area contributed by atoms with Crippen molar-refractivity contribution in [1.29, 1.82) is 0 Å². The topological polar surface area (TPSA) is 89.9 Å². The molecule has 2 aromatic rings. The zero-order chi connectivity index (χ0) is 12.7. The number of carbonyl (C=O) groups is 1. The summed E-state index contributed by atoms with van der Waals surface area (Å²) in [5, 5.41) is 4.94. The Morgan fingerprint density at radius 2 is 2.33 bits per heavy atom. The second-order valence-electron chi connectivity index (χ2n) is 4.51. The smallest absolute Gasteiger partial charge is 0.228 e. The lowest BCUT2D eigenvalue weighted by Gasteiger charge is -2.15. The van der Waals surface area contributed by atoms with Gasteiger partial charge in [-0.15, -0.1) is 0 Å². The molecule has 3 rings (SSSR count). The molecule has 2 aromatic heterocycles. The maximum atomic E-state index is 12.0. The molecule has 2 N–H and O–H groups in total. The number of hydrogen-bond donors (Lipinski definition) is 1. The molecule has 0 saturated carbocycles. The minimum atomic E-state index is 0.0642. The number of hydrogen-bond acceptors (Lipinski definition) is 5. The van der Waals surface area contributed by atoms with Gasteiger partial charge in [0.15, 0.2) is 5.65 Å². The van der Waals surface area contributed by atoms with Crippen LogP contribution in [0.1, 0.15) is 6.42 Å². The first-order valence-electron chi connectivity index (χ1n) is 5.84. The van der Waals surface area contributed by atoms with Crippen molar-refractivity contribution in [3.63, 3.8) is 0 Å². The van der Waals surface area contributed by atoms with Crippen LogP contribution in [0.25, 0.3) is 11.0 Å². The molecule has 0 aromatic carbocycles. The Morgan fingerprint density at radius 3 is 3.06 bits per heavy atom. The second kappa shape index (κ2) is 4.02. The number of nitrogens with zero attached hydrogens (tertiary/aromatic N) is 5. The number of aryl methyl sites for hydroxylation is 1. The van der Waals surface area contributed by atoms with Gasteiger partial charge in [0.2, 0.25) is 5.91 Å². The van der Waals surface area contributed by atoms with Gasteiger partial charge in [-0.3, -0.25) is 14.4 Å². The molecule has 3 heterocycles. The van der Waals surface area contributed by atoms with Crippen LogP contribution in [0.5, 0.6) is 0 Å². The standard InChI is InChI=1S/C11H14N6O/c1-16-10-8(4-15-16)11(14-6-13-10)17-5-7(3-12)2-9(17)18/h4,6-7H,2-3,5,12H2,1H3. The summed E-state index contributed by atoms with van der Waals surface area (Å²) >= 11 is 0. The van der Waals surface area contributed by atoms with E-state index in [0.717, 1.165) is 11.0 Å². The third-order valence-corrected chi connectivity index (χ3v) is 3.30. The van der Waals surface area contributed by atoms with Crippen LogP contribution in [0, 0.1) is 5.92 Å². The second-order valence-corrected chi connectivity index (χ2v) is 4.51.